The summed E-state index contributed by atoms with van der Waals surface area (Å²) in [6.45, 7) is 1.77. The number of pyridine rings is 1. The molecule has 1 heterocycles. The van der Waals surface area contributed by atoms with Crippen LogP contribution >= 0.6 is 0 Å². The van der Waals surface area contributed by atoms with E-state index in [0.29, 0.717) is 17.1 Å². The quantitative estimate of drug-likeness (QED) is 0.650. The monoisotopic (exact) mass is 350 g/mol. The Balaban J connectivity index is 1.92. The van der Waals surface area contributed by atoms with Crippen molar-refractivity contribution >= 4 is 23.5 Å². The van der Waals surface area contributed by atoms with E-state index >= 15 is 0 Å². The van der Waals surface area contributed by atoms with Crippen LogP contribution in [0, 0.1) is 12.8 Å². The topological polar surface area (TPSA) is 104 Å². The molecule has 8 nitrogen and oxygen atoms in total. The van der Waals surface area contributed by atoms with E-state index in [4.69, 9.17) is 9.47 Å². The lowest BCUT2D eigenvalue weighted by Gasteiger charge is -2.27. The second-order valence-electron chi connectivity index (χ2n) is 5.90. The minimum Gasteiger partial charge on any atom is -0.474 e. The van der Waals surface area contributed by atoms with Crippen LogP contribution in [0.4, 0.5) is 5.69 Å². The maximum Gasteiger partial charge on any atom is 0.396 e. The van der Waals surface area contributed by atoms with E-state index < -0.39 is 11.9 Å². The number of carbonyl (C=O) groups is 3. The number of anilines is 1. The van der Waals surface area contributed by atoms with Crippen molar-refractivity contribution in [3.05, 3.63) is 17.8 Å². The highest BCUT2D eigenvalue weighted by atomic mass is 16.5. The van der Waals surface area contributed by atoms with E-state index in [2.05, 4.69) is 15.0 Å². The number of nitrogens with one attached hydrogen (secondary N) is 1. The molecule has 0 aliphatic heterocycles. The second kappa shape index (κ2) is 8.46. The number of ether oxygens (including phenoxy) is 3. The summed E-state index contributed by atoms with van der Waals surface area (Å²) in [4.78, 5) is 38.4. The van der Waals surface area contributed by atoms with Crippen molar-refractivity contribution in [2.24, 2.45) is 5.92 Å². The predicted octanol–water partition coefficient (Wildman–Crippen LogP) is 1.61. The minimum absolute atomic E-state index is 0.0108. The van der Waals surface area contributed by atoms with Gasteiger partial charge >= 0.3 is 17.8 Å². The Morgan fingerprint density at radius 1 is 1.12 bits per heavy atom. The molecule has 2 rings (SSSR count). The third kappa shape index (κ3) is 4.91. The fraction of sp³-hybridized carbons (Fsp3) is 0.529. The van der Waals surface area contributed by atoms with Gasteiger partial charge in [-0.05, 0) is 38.2 Å². The van der Waals surface area contributed by atoms with E-state index in [-0.39, 0.29) is 18.0 Å². The van der Waals surface area contributed by atoms with Crippen LogP contribution in [-0.2, 0) is 23.9 Å². The Labute approximate surface area is 145 Å². The van der Waals surface area contributed by atoms with Gasteiger partial charge in [0.2, 0.25) is 5.88 Å². The number of methoxy groups -OCH3 is 2. The molecular formula is C17H22N2O6. The predicted molar refractivity (Wildman–Crippen MR) is 88.0 cm³/mol. The van der Waals surface area contributed by atoms with Crippen molar-refractivity contribution in [1.82, 2.24) is 4.98 Å². The molecule has 1 aromatic heterocycles. The molecule has 1 fully saturated rings. The number of esters is 2. The highest BCUT2D eigenvalue weighted by Gasteiger charge is 2.28. The molecule has 1 saturated carbocycles. The molecule has 0 aromatic carbocycles. The number of amides is 1. The fourth-order valence-electron chi connectivity index (χ4n) is 2.75. The third-order valence-electron chi connectivity index (χ3n) is 4.20. The molecule has 0 atom stereocenters. The first-order valence-electron chi connectivity index (χ1n) is 8.05. The van der Waals surface area contributed by atoms with Crippen molar-refractivity contribution in [3.8, 4) is 5.88 Å². The molecule has 1 amide bonds. The highest BCUT2D eigenvalue weighted by molar-refractivity contribution is 6.37. The lowest BCUT2D eigenvalue weighted by Crippen LogP contribution is -2.29. The van der Waals surface area contributed by atoms with Gasteiger partial charge in [-0.15, -0.1) is 0 Å². The van der Waals surface area contributed by atoms with Crippen LogP contribution in [0.2, 0.25) is 0 Å². The second-order valence-corrected chi connectivity index (χ2v) is 5.90. The Hall–Kier alpha value is -2.64. The van der Waals surface area contributed by atoms with Crippen LogP contribution in [0.5, 0.6) is 5.88 Å². The van der Waals surface area contributed by atoms with Gasteiger partial charge in [0.05, 0.1) is 32.0 Å². The molecule has 1 aliphatic carbocycles. The van der Waals surface area contributed by atoms with E-state index in [1.165, 1.54) is 13.3 Å². The van der Waals surface area contributed by atoms with Gasteiger partial charge in [0.1, 0.15) is 6.10 Å². The van der Waals surface area contributed by atoms with Crippen LogP contribution in [0.1, 0.15) is 31.2 Å². The summed E-state index contributed by atoms with van der Waals surface area (Å²) in [7, 11) is 2.54. The van der Waals surface area contributed by atoms with Gasteiger partial charge in [0.25, 0.3) is 0 Å². The van der Waals surface area contributed by atoms with E-state index in [1.807, 2.05) is 0 Å². The maximum atomic E-state index is 11.5. The van der Waals surface area contributed by atoms with Gasteiger partial charge in [-0.25, -0.2) is 9.78 Å². The Morgan fingerprint density at radius 2 is 1.80 bits per heavy atom. The summed E-state index contributed by atoms with van der Waals surface area (Å²) in [5.74, 6) is -1.62. The molecule has 136 valence electrons. The zero-order chi connectivity index (χ0) is 18.4. The molecule has 0 unspecified atom stereocenters. The molecule has 0 saturated heterocycles. The maximum absolute atomic E-state index is 11.5. The first-order chi connectivity index (χ1) is 11.9. The molecule has 1 aliphatic rings. The normalized spacial score (nSPS) is 19.6. The zero-order valence-corrected chi connectivity index (χ0v) is 14.5. The molecule has 1 N–H and O–H groups in total. The lowest BCUT2D eigenvalue weighted by atomic mass is 9.87. The van der Waals surface area contributed by atoms with Gasteiger partial charge in [0.15, 0.2) is 0 Å². The average molecular weight is 350 g/mol. The number of hydrogen-bond donors (Lipinski definition) is 1. The van der Waals surface area contributed by atoms with Crippen LogP contribution in [-0.4, -0.2) is 43.2 Å². The fourth-order valence-corrected chi connectivity index (χ4v) is 2.75. The molecule has 25 heavy (non-hydrogen) atoms. The first kappa shape index (κ1) is 18.7. The van der Waals surface area contributed by atoms with Gasteiger partial charge in [-0.2, -0.15) is 0 Å². The first-order valence-corrected chi connectivity index (χ1v) is 8.05. The summed E-state index contributed by atoms with van der Waals surface area (Å²) in [5, 5.41) is 2.43. The lowest BCUT2D eigenvalue weighted by molar-refractivity contribution is -0.150. The number of nitrogens with zero attached hydrogens (tertiary/aromatic N) is 1. The zero-order valence-electron chi connectivity index (χ0n) is 14.5. The van der Waals surface area contributed by atoms with Crippen molar-refractivity contribution in [2.45, 2.75) is 38.7 Å². The number of aromatic nitrogens is 1. The largest absolute Gasteiger partial charge is 0.474 e. The minimum atomic E-state index is -0.970. The SMILES string of the molecule is COC(=O)C(=O)Nc1cnc(OC2CCC(C(=O)OC)CC2)cc1C. The highest BCUT2D eigenvalue weighted by Crippen LogP contribution is 2.28. The van der Waals surface area contributed by atoms with Gasteiger partial charge < -0.3 is 19.5 Å². The summed E-state index contributed by atoms with van der Waals surface area (Å²) in [5.41, 5.74) is 1.13. The smallest absolute Gasteiger partial charge is 0.396 e. The van der Waals surface area contributed by atoms with Crippen molar-refractivity contribution in [1.29, 1.82) is 0 Å². The van der Waals surface area contributed by atoms with Crippen molar-refractivity contribution in [2.75, 3.05) is 19.5 Å². The standard InChI is InChI=1S/C17H22N2O6/c1-10-8-14(18-9-13(10)19-15(20)17(22)24-3)25-12-6-4-11(5-7-12)16(21)23-2/h8-9,11-12H,4-7H2,1-3H3,(H,19,20). The average Bonchev–Trinajstić information content (AvgIpc) is 2.63. The molecular weight excluding hydrogens is 328 g/mol. The van der Waals surface area contributed by atoms with Gasteiger partial charge in [-0.3, -0.25) is 9.59 Å². The Bertz CT molecular complexity index is 653. The molecule has 0 bridgehead atoms. The number of carbonyl (C=O) groups excluding carboxylic acids is 3. The number of aryl methyl sites for hydroxylation is 1. The van der Waals surface area contributed by atoms with Crippen LogP contribution in [0.15, 0.2) is 12.3 Å². The van der Waals surface area contributed by atoms with Crippen LogP contribution < -0.4 is 10.1 Å². The third-order valence-corrected chi connectivity index (χ3v) is 4.20. The summed E-state index contributed by atoms with van der Waals surface area (Å²) in [6.07, 6.45) is 4.38. The number of rotatable bonds is 4. The van der Waals surface area contributed by atoms with E-state index in [9.17, 15) is 14.4 Å². The summed E-state index contributed by atoms with van der Waals surface area (Å²) in [6, 6.07) is 1.69. The summed E-state index contributed by atoms with van der Waals surface area (Å²) >= 11 is 0. The van der Waals surface area contributed by atoms with Crippen LogP contribution in [0.25, 0.3) is 0 Å². The molecule has 0 spiro atoms. The summed E-state index contributed by atoms with van der Waals surface area (Å²) < 4.78 is 15.0. The molecule has 0 radical (unpaired) electrons. The Morgan fingerprint density at radius 3 is 2.36 bits per heavy atom. The van der Waals surface area contributed by atoms with Gasteiger partial charge in [0, 0.05) is 6.07 Å². The van der Waals surface area contributed by atoms with Crippen molar-refractivity contribution < 1.29 is 28.6 Å². The number of hydrogen-bond acceptors (Lipinski definition) is 7. The van der Waals surface area contributed by atoms with Crippen molar-refractivity contribution in [3.63, 3.8) is 0 Å². The van der Waals surface area contributed by atoms with E-state index in [1.54, 1.807) is 13.0 Å². The van der Waals surface area contributed by atoms with Gasteiger partial charge in [-0.1, -0.05) is 0 Å². The Kier molecular flexibility index (Phi) is 6.32. The van der Waals surface area contributed by atoms with Crippen LogP contribution in [0.3, 0.4) is 0 Å². The molecule has 8 heteroatoms. The molecule has 1 aromatic rings. The van der Waals surface area contributed by atoms with E-state index in [0.717, 1.165) is 32.8 Å².